The Kier molecular flexibility index (Phi) is 5.00. The monoisotopic (exact) mass is 412 g/mol. The third kappa shape index (κ3) is 3.57. The van der Waals surface area contributed by atoms with Crippen molar-refractivity contribution in [3.63, 3.8) is 0 Å². The van der Waals surface area contributed by atoms with Crippen molar-refractivity contribution < 1.29 is 19.1 Å². The first-order valence-corrected chi connectivity index (χ1v) is 9.39. The van der Waals surface area contributed by atoms with Crippen molar-refractivity contribution in [2.24, 2.45) is 10.1 Å². The smallest absolute Gasteiger partial charge is 0.282 e. The van der Waals surface area contributed by atoms with Gasteiger partial charge in [-0.15, -0.1) is 11.3 Å². The summed E-state index contributed by atoms with van der Waals surface area (Å²) in [7, 11) is 3.27. The molecule has 1 aliphatic rings. The van der Waals surface area contributed by atoms with Gasteiger partial charge in [-0.05, 0) is 30.3 Å². The van der Waals surface area contributed by atoms with Gasteiger partial charge in [-0.2, -0.15) is 5.10 Å². The second-order valence-corrected chi connectivity index (χ2v) is 6.77. The molecule has 0 saturated heterocycles. The lowest BCUT2D eigenvalue weighted by Crippen LogP contribution is -2.11. The molecule has 29 heavy (non-hydrogen) atoms. The van der Waals surface area contributed by atoms with Crippen LogP contribution in [0.1, 0.15) is 5.56 Å². The van der Waals surface area contributed by atoms with Crippen LogP contribution in [-0.2, 0) is 0 Å². The van der Waals surface area contributed by atoms with Gasteiger partial charge in [0.25, 0.3) is 5.69 Å². The molecule has 0 spiro atoms. The maximum atomic E-state index is 11.5. The van der Waals surface area contributed by atoms with Crippen LogP contribution in [0.3, 0.4) is 0 Å². The topological polar surface area (TPSA) is 100 Å². The van der Waals surface area contributed by atoms with Gasteiger partial charge < -0.3 is 14.2 Å². The lowest BCUT2D eigenvalue weighted by Gasteiger charge is -2.05. The molecule has 0 radical (unpaired) electrons. The van der Waals surface area contributed by atoms with Gasteiger partial charge in [0, 0.05) is 18.0 Å². The van der Waals surface area contributed by atoms with Crippen molar-refractivity contribution in [2.75, 3.05) is 21.0 Å². The molecule has 2 aromatic carbocycles. The largest absolute Gasteiger partial charge is 0.497 e. The van der Waals surface area contributed by atoms with Gasteiger partial charge in [0.2, 0.25) is 11.6 Å². The van der Waals surface area contributed by atoms with Gasteiger partial charge in [0.05, 0.1) is 35.6 Å². The average Bonchev–Trinajstić information content (AvgIpc) is 3.37. The molecule has 10 heteroatoms. The molecule has 0 unspecified atom stereocenters. The summed E-state index contributed by atoms with van der Waals surface area (Å²) in [6.07, 6.45) is 1.43. The standard InChI is InChI=1S/C19H16N4O5S/c1-20-19-22(16(10-29-19)12-3-5-14(26-2)6-4-12)21-9-13-7-17-18(28-11-27-17)8-15(13)23(24)25/h3-10H,11H2,1-2H3. The number of rotatable bonds is 5. The van der Waals surface area contributed by atoms with Crippen LogP contribution in [-0.4, -0.2) is 36.8 Å². The highest BCUT2D eigenvalue weighted by atomic mass is 32.1. The summed E-state index contributed by atoms with van der Waals surface area (Å²) in [6.45, 7) is 0.0346. The van der Waals surface area contributed by atoms with Crippen LogP contribution in [0.2, 0.25) is 0 Å². The normalized spacial score (nSPS) is 13.2. The number of nitro groups is 1. The quantitative estimate of drug-likeness (QED) is 0.364. The van der Waals surface area contributed by atoms with Gasteiger partial charge in [-0.25, -0.2) is 4.68 Å². The minimum Gasteiger partial charge on any atom is -0.497 e. The number of aromatic nitrogens is 1. The minimum absolute atomic E-state index is 0.0346. The van der Waals surface area contributed by atoms with E-state index in [1.807, 2.05) is 29.6 Å². The SMILES string of the molecule is CN=c1scc(-c2ccc(OC)cc2)n1N=Cc1cc2c(cc1[N+](=O)[O-])OCO2. The molecule has 0 amide bonds. The third-order valence-electron chi connectivity index (χ3n) is 4.29. The molecular weight excluding hydrogens is 396 g/mol. The zero-order chi connectivity index (χ0) is 20.4. The lowest BCUT2D eigenvalue weighted by molar-refractivity contribution is -0.385. The van der Waals surface area contributed by atoms with Crippen LogP contribution in [0.4, 0.5) is 5.69 Å². The van der Waals surface area contributed by atoms with Gasteiger partial charge in [-0.3, -0.25) is 15.1 Å². The van der Waals surface area contributed by atoms with Crippen molar-refractivity contribution >= 4 is 23.2 Å². The number of hydrogen-bond acceptors (Lipinski definition) is 8. The number of hydrogen-bond donors (Lipinski definition) is 0. The predicted octanol–water partition coefficient (Wildman–Crippen LogP) is 3.27. The molecule has 0 saturated carbocycles. The van der Waals surface area contributed by atoms with E-state index in [9.17, 15) is 10.1 Å². The molecule has 0 fully saturated rings. The average molecular weight is 412 g/mol. The second kappa shape index (κ2) is 7.76. The van der Waals surface area contributed by atoms with Gasteiger partial charge in [0.1, 0.15) is 5.75 Å². The molecule has 1 aliphatic heterocycles. The van der Waals surface area contributed by atoms with E-state index < -0.39 is 4.92 Å². The van der Waals surface area contributed by atoms with Crippen LogP contribution in [0.5, 0.6) is 17.2 Å². The van der Waals surface area contributed by atoms with Gasteiger partial charge in [0.15, 0.2) is 11.5 Å². The fourth-order valence-corrected chi connectivity index (χ4v) is 3.65. The molecule has 9 nitrogen and oxygen atoms in total. The number of methoxy groups -OCH3 is 1. The Balaban J connectivity index is 1.78. The minimum atomic E-state index is -0.475. The van der Waals surface area contributed by atoms with Crippen molar-refractivity contribution in [1.29, 1.82) is 0 Å². The second-order valence-electron chi connectivity index (χ2n) is 5.93. The summed E-state index contributed by atoms with van der Waals surface area (Å²) in [5.74, 6) is 1.54. The first-order chi connectivity index (χ1) is 14.1. The van der Waals surface area contributed by atoms with Crippen molar-refractivity contribution in [3.8, 4) is 28.5 Å². The van der Waals surface area contributed by atoms with E-state index in [-0.39, 0.29) is 12.5 Å². The maximum Gasteiger partial charge on any atom is 0.282 e. The molecule has 4 rings (SSSR count). The number of thiazole rings is 1. The Morgan fingerprint density at radius 3 is 2.62 bits per heavy atom. The van der Waals surface area contributed by atoms with Crippen LogP contribution >= 0.6 is 11.3 Å². The van der Waals surface area contributed by atoms with E-state index in [4.69, 9.17) is 14.2 Å². The summed E-state index contributed by atoms with van der Waals surface area (Å²) in [5.41, 5.74) is 1.91. The van der Waals surface area contributed by atoms with Crippen LogP contribution in [0.25, 0.3) is 11.3 Å². The highest BCUT2D eigenvalue weighted by Gasteiger charge is 2.22. The first-order valence-electron chi connectivity index (χ1n) is 8.51. The third-order valence-corrected chi connectivity index (χ3v) is 5.20. The highest BCUT2D eigenvalue weighted by Crippen LogP contribution is 2.37. The van der Waals surface area contributed by atoms with Crippen molar-refractivity contribution in [1.82, 2.24) is 4.68 Å². The summed E-state index contributed by atoms with van der Waals surface area (Å²) < 4.78 is 17.4. The Morgan fingerprint density at radius 2 is 1.97 bits per heavy atom. The van der Waals surface area contributed by atoms with Crippen LogP contribution in [0.15, 0.2) is 51.9 Å². The number of benzene rings is 2. The van der Waals surface area contributed by atoms with Gasteiger partial charge in [-0.1, -0.05) is 0 Å². The number of nitrogens with zero attached hydrogens (tertiary/aromatic N) is 4. The number of nitro benzene ring substituents is 1. The Morgan fingerprint density at radius 1 is 1.24 bits per heavy atom. The Labute approximate surface area is 169 Å². The van der Waals surface area contributed by atoms with E-state index in [1.165, 1.54) is 23.6 Å². The van der Waals surface area contributed by atoms with Crippen LogP contribution < -0.4 is 19.0 Å². The van der Waals surface area contributed by atoms with E-state index in [2.05, 4.69) is 10.1 Å². The zero-order valence-corrected chi connectivity index (χ0v) is 16.4. The maximum absolute atomic E-state index is 11.5. The van der Waals surface area contributed by atoms with E-state index in [0.717, 1.165) is 17.0 Å². The molecule has 3 aromatic rings. The summed E-state index contributed by atoms with van der Waals surface area (Å²) in [4.78, 5) is 15.9. The molecule has 0 aliphatic carbocycles. The van der Waals surface area contributed by atoms with Crippen molar-refractivity contribution in [3.05, 3.63) is 62.3 Å². The zero-order valence-electron chi connectivity index (χ0n) is 15.6. The van der Waals surface area contributed by atoms with E-state index >= 15 is 0 Å². The van der Waals surface area contributed by atoms with E-state index in [1.54, 1.807) is 24.9 Å². The number of ether oxygens (including phenoxy) is 3. The lowest BCUT2D eigenvalue weighted by atomic mass is 10.1. The number of fused-ring (bicyclic) bond motifs is 1. The first kappa shape index (κ1) is 18.7. The Hall–Kier alpha value is -3.66. The summed E-state index contributed by atoms with van der Waals surface area (Å²) >= 11 is 1.42. The highest BCUT2D eigenvalue weighted by molar-refractivity contribution is 7.07. The molecule has 2 heterocycles. The van der Waals surface area contributed by atoms with Crippen molar-refractivity contribution in [2.45, 2.75) is 0 Å². The predicted molar refractivity (Wildman–Crippen MR) is 108 cm³/mol. The van der Waals surface area contributed by atoms with Crippen LogP contribution in [0, 0.1) is 10.1 Å². The molecule has 0 N–H and O–H groups in total. The van der Waals surface area contributed by atoms with Gasteiger partial charge >= 0.3 is 0 Å². The summed E-state index contributed by atoms with van der Waals surface area (Å²) in [6, 6.07) is 10.4. The Bertz CT molecular complexity index is 1160. The van der Waals surface area contributed by atoms with E-state index in [0.29, 0.717) is 21.9 Å². The summed E-state index contributed by atoms with van der Waals surface area (Å²) in [5, 5.41) is 17.9. The molecule has 0 atom stereocenters. The molecule has 0 bridgehead atoms. The fourth-order valence-electron chi connectivity index (χ4n) is 2.85. The molecule has 1 aromatic heterocycles. The molecular formula is C19H16N4O5S. The molecule has 148 valence electrons. The fraction of sp³-hybridized carbons (Fsp3) is 0.158.